The molecular formula is C11H15N5. The molecule has 1 aliphatic heterocycles. The molecule has 5 heteroatoms. The highest BCUT2D eigenvalue weighted by molar-refractivity contribution is 5.46. The van der Waals surface area contributed by atoms with Crippen LogP contribution in [0, 0.1) is 0 Å². The van der Waals surface area contributed by atoms with E-state index in [2.05, 4.69) is 38.3 Å². The molecule has 0 atom stereocenters. The molecule has 1 aromatic rings. The van der Waals surface area contributed by atoms with Crippen molar-refractivity contribution in [2.45, 2.75) is 0 Å². The van der Waals surface area contributed by atoms with Gasteiger partial charge in [-0.15, -0.1) is 0 Å². The van der Waals surface area contributed by atoms with E-state index in [0.29, 0.717) is 17.6 Å². The SMILES string of the molecule is C=Cc1nc(C=C)nc(N2CCNCC2)n1. The number of aromatic nitrogens is 3. The maximum Gasteiger partial charge on any atom is 0.229 e. The number of nitrogens with zero attached hydrogens (tertiary/aromatic N) is 4. The summed E-state index contributed by atoms with van der Waals surface area (Å²) in [6.45, 7) is 11.1. The summed E-state index contributed by atoms with van der Waals surface area (Å²) in [5.41, 5.74) is 0. The Kier molecular flexibility index (Phi) is 3.26. The second kappa shape index (κ2) is 4.85. The molecule has 16 heavy (non-hydrogen) atoms. The quantitative estimate of drug-likeness (QED) is 0.802. The lowest BCUT2D eigenvalue weighted by atomic mass is 10.4. The fourth-order valence-corrected chi connectivity index (χ4v) is 1.59. The molecule has 0 amide bonds. The van der Waals surface area contributed by atoms with Crippen molar-refractivity contribution in [3.63, 3.8) is 0 Å². The molecule has 0 saturated carbocycles. The molecule has 0 spiro atoms. The maximum absolute atomic E-state index is 4.33. The van der Waals surface area contributed by atoms with Gasteiger partial charge in [-0.3, -0.25) is 0 Å². The Balaban J connectivity index is 2.30. The summed E-state index contributed by atoms with van der Waals surface area (Å²) in [5.74, 6) is 1.90. The summed E-state index contributed by atoms with van der Waals surface area (Å²) < 4.78 is 0. The summed E-state index contributed by atoms with van der Waals surface area (Å²) in [5, 5.41) is 3.29. The van der Waals surface area contributed by atoms with Gasteiger partial charge in [-0.25, -0.2) is 4.98 Å². The van der Waals surface area contributed by atoms with Gasteiger partial charge < -0.3 is 10.2 Å². The van der Waals surface area contributed by atoms with Crippen LogP contribution in [0.5, 0.6) is 0 Å². The topological polar surface area (TPSA) is 53.9 Å². The highest BCUT2D eigenvalue weighted by atomic mass is 15.3. The Morgan fingerprint density at radius 3 is 2.06 bits per heavy atom. The van der Waals surface area contributed by atoms with E-state index in [1.807, 2.05) is 0 Å². The lowest BCUT2D eigenvalue weighted by Crippen LogP contribution is -2.44. The van der Waals surface area contributed by atoms with Gasteiger partial charge in [0.2, 0.25) is 5.95 Å². The minimum atomic E-state index is 0.596. The van der Waals surface area contributed by atoms with Crippen LogP contribution in [-0.4, -0.2) is 41.1 Å². The zero-order valence-electron chi connectivity index (χ0n) is 9.19. The van der Waals surface area contributed by atoms with E-state index in [4.69, 9.17) is 0 Å². The molecule has 0 radical (unpaired) electrons. The van der Waals surface area contributed by atoms with Crippen molar-refractivity contribution < 1.29 is 0 Å². The predicted octanol–water partition coefficient (Wildman–Crippen LogP) is 0.567. The second-order valence-electron chi connectivity index (χ2n) is 3.50. The fourth-order valence-electron chi connectivity index (χ4n) is 1.59. The first-order chi connectivity index (χ1) is 7.83. The molecule has 84 valence electrons. The van der Waals surface area contributed by atoms with Crippen LogP contribution in [0.4, 0.5) is 5.95 Å². The summed E-state index contributed by atoms with van der Waals surface area (Å²) in [6.07, 6.45) is 3.25. The smallest absolute Gasteiger partial charge is 0.229 e. The third-order valence-corrected chi connectivity index (χ3v) is 2.42. The van der Waals surface area contributed by atoms with Gasteiger partial charge >= 0.3 is 0 Å². The van der Waals surface area contributed by atoms with Gasteiger partial charge in [-0.2, -0.15) is 9.97 Å². The third kappa shape index (κ3) is 2.25. The van der Waals surface area contributed by atoms with Gasteiger partial charge in [0.05, 0.1) is 0 Å². The predicted molar refractivity (Wildman–Crippen MR) is 65.1 cm³/mol. The van der Waals surface area contributed by atoms with Gasteiger partial charge in [0.15, 0.2) is 11.6 Å². The van der Waals surface area contributed by atoms with Crippen LogP contribution in [-0.2, 0) is 0 Å². The number of hydrogen-bond donors (Lipinski definition) is 1. The van der Waals surface area contributed by atoms with Crippen molar-refractivity contribution in [1.82, 2.24) is 20.3 Å². The van der Waals surface area contributed by atoms with Crippen molar-refractivity contribution in [1.29, 1.82) is 0 Å². The van der Waals surface area contributed by atoms with Crippen LogP contribution in [0.25, 0.3) is 12.2 Å². The summed E-state index contributed by atoms with van der Waals surface area (Å²) in [6, 6.07) is 0. The first-order valence-electron chi connectivity index (χ1n) is 5.30. The van der Waals surface area contributed by atoms with E-state index < -0.39 is 0 Å². The van der Waals surface area contributed by atoms with Gasteiger partial charge in [-0.05, 0) is 12.2 Å². The molecule has 0 aliphatic carbocycles. The summed E-state index contributed by atoms with van der Waals surface area (Å²) in [7, 11) is 0. The highest BCUT2D eigenvalue weighted by Crippen LogP contribution is 2.10. The lowest BCUT2D eigenvalue weighted by Gasteiger charge is -2.27. The number of nitrogens with one attached hydrogen (secondary N) is 1. The zero-order valence-corrected chi connectivity index (χ0v) is 9.19. The van der Waals surface area contributed by atoms with Gasteiger partial charge in [-0.1, -0.05) is 13.2 Å². The normalized spacial score (nSPS) is 15.9. The molecule has 5 nitrogen and oxygen atoms in total. The van der Waals surface area contributed by atoms with Crippen LogP contribution >= 0.6 is 0 Å². The Morgan fingerprint density at radius 2 is 1.56 bits per heavy atom. The standard InChI is InChI=1S/C11H15N5/c1-3-9-13-10(4-2)15-11(14-9)16-7-5-12-6-8-16/h3-4,12H,1-2,5-8H2. The van der Waals surface area contributed by atoms with E-state index in [1.165, 1.54) is 0 Å². The molecule has 1 N–H and O–H groups in total. The van der Waals surface area contributed by atoms with Crippen LogP contribution in [0.15, 0.2) is 13.2 Å². The number of anilines is 1. The lowest BCUT2D eigenvalue weighted by molar-refractivity contribution is 0.578. The van der Waals surface area contributed by atoms with Crippen LogP contribution in [0.3, 0.4) is 0 Å². The molecule has 0 aromatic carbocycles. The Labute approximate surface area is 94.9 Å². The number of rotatable bonds is 3. The summed E-state index contributed by atoms with van der Waals surface area (Å²) in [4.78, 5) is 15.0. The van der Waals surface area contributed by atoms with E-state index in [-0.39, 0.29) is 0 Å². The molecule has 1 aromatic heterocycles. The van der Waals surface area contributed by atoms with Crippen LogP contribution in [0.1, 0.15) is 11.6 Å². The van der Waals surface area contributed by atoms with E-state index in [0.717, 1.165) is 26.2 Å². The van der Waals surface area contributed by atoms with E-state index in [9.17, 15) is 0 Å². The molecule has 1 saturated heterocycles. The number of piperazine rings is 1. The minimum absolute atomic E-state index is 0.596. The molecule has 0 bridgehead atoms. The Hall–Kier alpha value is -1.75. The molecule has 0 unspecified atom stereocenters. The van der Waals surface area contributed by atoms with E-state index >= 15 is 0 Å². The molecule has 1 fully saturated rings. The highest BCUT2D eigenvalue weighted by Gasteiger charge is 2.14. The van der Waals surface area contributed by atoms with E-state index in [1.54, 1.807) is 12.2 Å². The monoisotopic (exact) mass is 217 g/mol. The van der Waals surface area contributed by atoms with Gasteiger partial charge in [0.25, 0.3) is 0 Å². The van der Waals surface area contributed by atoms with Crippen molar-refractivity contribution in [2.24, 2.45) is 0 Å². The maximum atomic E-state index is 4.33. The largest absolute Gasteiger partial charge is 0.338 e. The molecule has 2 heterocycles. The van der Waals surface area contributed by atoms with Crippen LogP contribution in [0.2, 0.25) is 0 Å². The first-order valence-corrected chi connectivity index (χ1v) is 5.30. The Bertz CT molecular complexity index is 369. The van der Waals surface area contributed by atoms with Crippen molar-refractivity contribution in [3.05, 3.63) is 24.8 Å². The number of hydrogen-bond acceptors (Lipinski definition) is 5. The summed E-state index contributed by atoms with van der Waals surface area (Å²) >= 11 is 0. The first kappa shape index (κ1) is 10.8. The molecular weight excluding hydrogens is 202 g/mol. The fraction of sp³-hybridized carbons (Fsp3) is 0.364. The minimum Gasteiger partial charge on any atom is -0.338 e. The van der Waals surface area contributed by atoms with Crippen molar-refractivity contribution >= 4 is 18.1 Å². The van der Waals surface area contributed by atoms with Gasteiger partial charge in [0.1, 0.15) is 0 Å². The average molecular weight is 217 g/mol. The molecule has 1 aliphatic rings. The third-order valence-electron chi connectivity index (χ3n) is 2.42. The molecule has 2 rings (SSSR count). The van der Waals surface area contributed by atoms with Crippen LogP contribution < -0.4 is 10.2 Å². The van der Waals surface area contributed by atoms with Gasteiger partial charge in [0, 0.05) is 26.2 Å². The van der Waals surface area contributed by atoms with Crippen molar-refractivity contribution in [2.75, 3.05) is 31.1 Å². The Morgan fingerprint density at radius 1 is 1.00 bits per heavy atom. The average Bonchev–Trinajstić information content (AvgIpc) is 2.39. The zero-order chi connectivity index (χ0) is 11.4. The second-order valence-corrected chi connectivity index (χ2v) is 3.50. The van der Waals surface area contributed by atoms with Crippen molar-refractivity contribution in [3.8, 4) is 0 Å².